The van der Waals surface area contributed by atoms with Gasteiger partial charge in [-0.15, -0.1) is 0 Å². The molecule has 0 heterocycles. The Hall–Kier alpha value is -2.64. The molecule has 0 radical (unpaired) electrons. The highest BCUT2D eigenvalue weighted by Crippen LogP contribution is 2.27. The number of carbonyl (C=O) groups is 1. The lowest BCUT2D eigenvalue weighted by atomic mass is 10.1. The van der Waals surface area contributed by atoms with Crippen LogP contribution < -0.4 is 8.91 Å². The number of hydrogen-bond acceptors (Lipinski definition) is 7. The zero-order chi connectivity index (χ0) is 23.4. The standard InChI is InChI=1S/C18H18F3NO7S2/c1-12-3-9-15(10-4-12)30(24,25)22-16(17(23)28-2)11-13-5-7-14(8-6-13)29-31(26,27)18(19,20)21/h3-10,16,22H,11H2,1-2H3/t16-/m0/s1. The Kier molecular flexibility index (Phi) is 7.34. The molecule has 0 aliphatic carbocycles. The number of esters is 1. The van der Waals surface area contributed by atoms with Crippen molar-refractivity contribution in [2.45, 2.75) is 29.8 Å². The Morgan fingerprint density at radius 1 is 1.00 bits per heavy atom. The molecule has 2 rings (SSSR count). The monoisotopic (exact) mass is 481 g/mol. The third-order valence-corrected chi connectivity index (χ3v) is 6.43. The van der Waals surface area contributed by atoms with Gasteiger partial charge in [-0.1, -0.05) is 29.8 Å². The molecular formula is C18H18F3NO7S2. The van der Waals surface area contributed by atoms with Crippen LogP contribution in [0.5, 0.6) is 5.75 Å². The molecule has 31 heavy (non-hydrogen) atoms. The van der Waals surface area contributed by atoms with E-state index in [1.807, 2.05) is 0 Å². The van der Waals surface area contributed by atoms with Gasteiger partial charge < -0.3 is 8.92 Å². The zero-order valence-electron chi connectivity index (χ0n) is 16.2. The number of alkyl halides is 3. The van der Waals surface area contributed by atoms with Gasteiger partial charge in [0.1, 0.15) is 11.8 Å². The summed E-state index contributed by atoms with van der Waals surface area (Å²) < 4.78 is 95.2. The summed E-state index contributed by atoms with van der Waals surface area (Å²) in [4.78, 5) is 12.0. The molecule has 0 aromatic heterocycles. The highest BCUT2D eigenvalue weighted by atomic mass is 32.2. The normalized spacial score (nSPS) is 13.5. The number of carbonyl (C=O) groups excluding carboxylic acids is 1. The van der Waals surface area contributed by atoms with Crippen molar-refractivity contribution >= 4 is 26.1 Å². The number of sulfonamides is 1. The molecule has 0 fully saturated rings. The number of hydrogen-bond donors (Lipinski definition) is 1. The Balaban J connectivity index is 2.20. The van der Waals surface area contributed by atoms with Gasteiger partial charge in [-0.2, -0.15) is 26.3 Å². The lowest BCUT2D eigenvalue weighted by Gasteiger charge is -2.17. The third-order valence-electron chi connectivity index (χ3n) is 3.97. The van der Waals surface area contributed by atoms with E-state index in [9.17, 15) is 34.8 Å². The molecule has 2 aromatic rings. The van der Waals surface area contributed by atoms with Gasteiger partial charge in [-0.05, 0) is 43.2 Å². The van der Waals surface area contributed by atoms with Crippen LogP contribution in [0.2, 0.25) is 0 Å². The smallest absolute Gasteiger partial charge is 0.468 e. The largest absolute Gasteiger partial charge is 0.534 e. The van der Waals surface area contributed by atoms with Crippen molar-refractivity contribution < 1.29 is 43.7 Å². The molecular weight excluding hydrogens is 463 g/mol. The summed E-state index contributed by atoms with van der Waals surface area (Å²) in [5.74, 6) is -1.49. The van der Waals surface area contributed by atoms with Crippen LogP contribution in [0.3, 0.4) is 0 Å². The van der Waals surface area contributed by atoms with Gasteiger partial charge in [0.15, 0.2) is 0 Å². The number of rotatable bonds is 8. The van der Waals surface area contributed by atoms with Crippen molar-refractivity contribution in [1.29, 1.82) is 0 Å². The number of halogens is 3. The average molecular weight is 481 g/mol. The Morgan fingerprint density at radius 3 is 2.03 bits per heavy atom. The maximum Gasteiger partial charge on any atom is 0.534 e. The van der Waals surface area contributed by atoms with Gasteiger partial charge in [0.25, 0.3) is 0 Å². The minimum absolute atomic E-state index is 0.0758. The second kappa shape index (κ2) is 9.24. The van der Waals surface area contributed by atoms with Crippen LogP contribution in [0.4, 0.5) is 13.2 Å². The highest BCUT2D eigenvalue weighted by molar-refractivity contribution is 7.89. The first kappa shape index (κ1) is 24.6. The van der Waals surface area contributed by atoms with Gasteiger partial charge >= 0.3 is 21.6 Å². The van der Waals surface area contributed by atoms with Crippen molar-refractivity contribution in [3.05, 3.63) is 59.7 Å². The number of aryl methyl sites for hydroxylation is 1. The fourth-order valence-electron chi connectivity index (χ4n) is 2.38. The van der Waals surface area contributed by atoms with E-state index in [4.69, 9.17) is 0 Å². The highest BCUT2D eigenvalue weighted by Gasteiger charge is 2.48. The Bertz CT molecular complexity index is 1130. The topological polar surface area (TPSA) is 116 Å². The molecule has 1 N–H and O–H groups in total. The van der Waals surface area contributed by atoms with Crippen LogP contribution in [0.15, 0.2) is 53.4 Å². The summed E-state index contributed by atoms with van der Waals surface area (Å²) in [5.41, 5.74) is -4.45. The first-order chi connectivity index (χ1) is 14.2. The quantitative estimate of drug-likeness (QED) is 0.349. The van der Waals surface area contributed by atoms with E-state index in [1.54, 1.807) is 19.1 Å². The molecule has 0 saturated carbocycles. The van der Waals surface area contributed by atoms with Gasteiger partial charge in [0, 0.05) is 0 Å². The van der Waals surface area contributed by atoms with Gasteiger partial charge in [0.2, 0.25) is 10.0 Å². The molecule has 0 aliphatic rings. The van der Waals surface area contributed by atoms with E-state index in [0.717, 1.165) is 24.8 Å². The zero-order valence-corrected chi connectivity index (χ0v) is 17.8. The molecule has 0 amide bonds. The summed E-state index contributed by atoms with van der Waals surface area (Å²) >= 11 is 0. The van der Waals surface area contributed by atoms with E-state index in [2.05, 4.69) is 13.6 Å². The van der Waals surface area contributed by atoms with E-state index in [-0.39, 0.29) is 11.3 Å². The van der Waals surface area contributed by atoms with Gasteiger partial charge in [-0.25, -0.2) is 8.42 Å². The molecule has 0 spiro atoms. The summed E-state index contributed by atoms with van der Waals surface area (Å²) in [7, 11) is -8.84. The van der Waals surface area contributed by atoms with Crippen LogP contribution in [0.1, 0.15) is 11.1 Å². The first-order valence-electron chi connectivity index (χ1n) is 8.52. The SMILES string of the molecule is COC(=O)[C@H](Cc1ccc(OS(=O)(=O)C(F)(F)F)cc1)NS(=O)(=O)c1ccc(C)cc1. The fraction of sp³-hybridized carbons (Fsp3) is 0.278. The number of nitrogens with one attached hydrogen (secondary N) is 1. The van der Waals surface area contributed by atoms with Gasteiger partial charge in [-0.3, -0.25) is 4.79 Å². The molecule has 170 valence electrons. The van der Waals surface area contributed by atoms with Gasteiger partial charge in [0.05, 0.1) is 12.0 Å². The third kappa shape index (κ3) is 6.42. The molecule has 0 unspecified atom stereocenters. The Morgan fingerprint density at radius 2 is 1.55 bits per heavy atom. The lowest BCUT2D eigenvalue weighted by molar-refractivity contribution is -0.142. The van der Waals surface area contributed by atoms with Crippen molar-refractivity contribution in [3.63, 3.8) is 0 Å². The van der Waals surface area contributed by atoms with Crippen molar-refractivity contribution in [2.75, 3.05) is 7.11 Å². The molecule has 8 nitrogen and oxygen atoms in total. The second-order valence-electron chi connectivity index (χ2n) is 6.34. The molecule has 2 aromatic carbocycles. The Labute approximate surface area is 177 Å². The minimum atomic E-state index is -5.83. The predicted molar refractivity (Wildman–Crippen MR) is 103 cm³/mol. The first-order valence-corrected chi connectivity index (χ1v) is 11.4. The van der Waals surface area contributed by atoms with Crippen LogP contribution >= 0.6 is 0 Å². The van der Waals surface area contributed by atoms with E-state index in [0.29, 0.717) is 5.56 Å². The average Bonchev–Trinajstić information content (AvgIpc) is 2.67. The van der Waals surface area contributed by atoms with E-state index < -0.39 is 43.4 Å². The van der Waals surface area contributed by atoms with E-state index >= 15 is 0 Å². The van der Waals surface area contributed by atoms with Crippen LogP contribution in [-0.4, -0.2) is 41.5 Å². The molecule has 0 bridgehead atoms. The summed E-state index contributed by atoms with van der Waals surface area (Å²) in [6.07, 6.45) is -0.218. The summed E-state index contributed by atoms with van der Waals surface area (Å²) in [6.45, 7) is 1.77. The van der Waals surface area contributed by atoms with E-state index in [1.165, 1.54) is 24.3 Å². The lowest BCUT2D eigenvalue weighted by Crippen LogP contribution is -2.42. The second-order valence-corrected chi connectivity index (χ2v) is 9.59. The molecule has 1 atom stereocenters. The number of ether oxygens (including phenoxy) is 1. The van der Waals surface area contributed by atoms with Crippen LogP contribution in [0.25, 0.3) is 0 Å². The fourth-order valence-corrected chi connectivity index (χ4v) is 4.02. The molecule has 13 heteroatoms. The van der Waals surface area contributed by atoms with Crippen LogP contribution in [0, 0.1) is 6.92 Å². The maximum atomic E-state index is 12.6. The number of methoxy groups -OCH3 is 1. The number of benzene rings is 2. The minimum Gasteiger partial charge on any atom is -0.468 e. The molecule has 0 aliphatic heterocycles. The molecule has 0 saturated heterocycles. The van der Waals surface area contributed by atoms with Crippen molar-refractivity contribution in [2.24, 2.45) is 0 Å². The van der Waals surface area contributed by atoms with Crippen LogP contribution in [-0.2, 0) is 36.1 Å². The summed E-state index contributed by atoms with van der Waals surface area (Å²) in [6, 6.07) is 8.81. The predicted octanol–water partition coefficient (Wildman–Crippen LogP) is 2.29. The van der Waals surface area contributed by atoms with Crippen molar-refractivity contribution in [3.8, 4) is 5.75 Å². The summed E-state index contributed by atoms with van der Waals surface area (Å²) in [5, 5.41) is 0. The van der Waals surface area contributed by atoms with Crippen molar-refractivity contribution in [1.82, 2.24) is 4.72 Å². The maximum absolute atomic E-state index is 12.6.